The Morgan fingerprint density at radius 2 is 2.38 bits per heavy atom. The number of benzene rings is 1. The summed E-state index contributed by atoms with van der Waals surface area (Å²) < 4.78 is 7.10. The third-order valence-corrected chi connectivity index (χ3v) is 3.64. The van der Waals surface area contributed by atoms with E-state index in [0.29, 0.717) is 17.3 Å². The lowest BCUT2D eigenvalue weighted by Gasteiger charge is -2.09. The van der Waals surface area contributed by atoms with E-state index in [4.69, 9.17) is 16.3 Å². The Hall–Kier alpha value is -1.85. The molecular weight excluding hydrogens is 290 g/mol. The van der Waals surface area contributed by atoms with Crippen molar-refractivity contribution in [2.75, 3.05) is 13.2 Å². The summed E-state index contributed by atoms with van der Waals surface area (Å²) in [7, 11) is 0. The fourth-order valence-electron chi connectivity index (χ4n) is 2.31. The molecule has 0 bridgehead atoms. The van der Waals surface area contributed by atoms with Gasteiger partial charge in [0.05, 0.1) is 11.8 Å². The van der Waals surface area contributed by atoms with Crippen molar-refractivity contribution in [2.45, 2.75) is 18.9 Å². The molecule has 1 fully saturated rings. The normalized spacial score (nSPS) is 17.9. The second kappa shape index (κ2) is 6.28. The predicted molar refractivity (Wildman–Crippen MR) is 79.9 cm³/mol. The third-order valence-electron chi connectivity index (χ3n) is 3.41. The molecule has 1 aliphatic heterocycles. The first kappa shape index (κ1) is 14.1. The summed E-state index contributed by atoms with van der Waals surface area (Å²) in [5.74, 6) is -0.189. The fraction of sp³-hybridized carbons (Fsp3) is 0.333. The van der Waals surface area contributed by atoms with E-state index in [9.17, 15) is 4.79 Å². The van der Waals surface area contributed by atoms with Gasteiger partial charge in [0.25, 0.3) is 5.91 Å². The van der Waals surface area contributed by atoms with Crippen LogP contribution in [-0.4, -0.2) is 34.9 Å². The summed E-state index contributed by atoms with van der Waals surface area (Å²) >= 11 is 5.95. The van der Waals surface area contributed by atoms with Crippen molar-refractivity contribution in [3.8, 4) is 5.69 Å². The Morgan fingerprint density at radius 3 is 3.14 bits per heavy atom. The van der Waals surface area contributed by atoms with Crippen LogP contribution in [0.2, 0.25) is 5.02 Å². The molecule has 5 nitrogen and oxygen atoms in total. The molecule has 21 heavy (non-hydrogen) atoms. The maximum absolute atomic E-state index is 12.0. The van der Waals surface area contributed by atoms with Gasteiger partial charge in [-0.25, -0.2) is 4.68 Å². The second-order valence-corrected chi connectivity index (χ2v) is 5.41. The van der Waals surface area contributed by atoms with Crippen LogP contribution in [0.1, 0.15) is 23.3 Å². The molecule has 1 N–H and O–H groups in total. The molecule has 1 aliphatic rings. The van der Waals surface area contributed by atoms with Crippen LogP contribution in [0, 0.1) is 0 Å². The van der Waals surface area contributed by atoms with Gasteiger partial charge in [-0.15, -0.1) is 0 Å². The largest absolute Gasteiger partial charge is 0.376 e. The lowest BCUT2D eigenvalue weighted by Crippen LogP contribution is -2.32. The van der Waals surface area contributed by atoms with Crippen LogP contribution in [0.5, 0.6) is 0 Å². The Bertz CT molecular complexity index is 635. The molecule has 2 heterocycles. The molecule has 1 aromatic heterocycles. The van der Waals surface area contributed by atoms with Gasteiger partial charge in [-0.3, -0.25) is 4.79 Å². The summed E-state index contributed by atoms with van der Waals surface area (Å²) in [4.78, 5) is 12.0. The Morgan fingerprint density at radius 1 is 1.48 bits per heavy atom. The van der Waals surface area contributed by atoms with Crippen molar-refractivity contribution in [1.82, 2.24) is 15.1 Å². The average Bonchev–Trinajstić information content (AvgIpc) is 3.16. The molecule has 0 aliphatic carbocycles. The zero-order valence-electron chi connectivity index (χ0n) is 11.5. The predicted octanol–water partition coefficient (Wildman–Crippen LogP) is 2.43. The highest BCUT2D eigenvalue weighted by Gasteiger charge is 2.17. The van der Waals surface area contributed by atoms with Crippen LogP contribution in [-0.2, 0) is 4.74 Å². The SMILES string of the molecule is O=C(NC[C@H]1CCCO1)c1ccn(-c2cccc(Cl)c2)n1. The summed E-state index contributed by atoms with van der Waals surface area (Å²) in [6.45, 7) is 1.31. The lowest BCUT2D eigenvalue weighted by molar-refractivity contribution is 0.0853. The third kappa shape index (κ3) is 3.43. The Labute approximate surface area is 127 Å². The molecule has 2 aromatic rings. The minimum absolute atomic E-state index is 0.129. The van der Waals surface area contributed by atoms with E-state index in [0.717, 1.165) is 25.1 Å². The van der Waals surface area contributed by atoms with Crippen LogP contribution in [0.15, 0.2) is 36.5 Å². The van der Waals surface area contributed by atoms with Crippen molar-refractivity contribution in [1.29, 1.82) is 0 Å². The van der Waals surface area contributed by atoms with Crippen molar-refractivity contribution >= 4 is 17.5 Å². The van der Waals surface area contributed by atoms with Crippen LogP contribution in [0.4, 0.5) is 0 Å². The smallest absolute Gasteiger partial charge is 0.271 e. The van der Waals surface area contributed by atoms with E-state index in [2.05, 4.69) is 10.4 Å². The van der Waals surface area contributed by atoms with Crippen LogP contribution >= 0.6 is 11.6 Å². The number of aromatic nitrogens is 2. The van der Waals surface area contributed by atoms with Gasteiger partial charge in [0.1, 0.15) is 0 Å². The number of amides is 1. The number of carbonyl (C=O) groups is 1. The number of ether oxygens (including phenoxy) is 1. The number of nitrogens with one attached hydrogen (secondary N) is 1. The Kier molecular flexibility index (Phi) is 4.22. The highest BCUT2D eigenvalue weighted by atomic mass is 35.5. The number of hydrogen-bond acceptors (Lipinski definition) is 3. The Balaban J connectivity index is 1.65. The number of hydrogen-bond donors (Lipinski definition) is 1. The van der Waals surface area contributed by atoms with Gasteiger partial charge in [-0.2, -0.15) is 5.10 Å². The maximum Gasteiger partial charge on any atom is 0.271 e. The highest BCUT2D eigenvalue weighted by Crippen LogP contribution is 2.14. The van der Waals surface area contributed by atoms with E-state index < -0.39 is 0 Å². The van der Waals surface area contributed by atoms with Crippen molar-refractivity contribution in [2.24, 2.45) is 0 Å². The van der Waals surface area contributed by atoms with Crippen molar-refractivity contribution in [3.63, 3.8) is 0 Å². The standard InChI is InChI=1S/C15H16ClN3O2/c16-11-3-1-4-12(9-11)19-7-6-14(18-19)15(20)17-10-13-5-2-8-21-13/h1,3-4,6-7,9,13H,2,5,8,10H2,(H,17,20)/t13-/m1/s1. The molecule has 3 rings (SSSR count). The van der Waals surface area contributed by atoms with Gasteiger partial charge < -0.3 is 10.1 Å². The number of halogens is 1. The molecule has 110 valence electrons. The number of rotatable bonds is 4. The minimum atomic E-state index is -0.189. The monoisotopic (exact) mass is 305 g/mol. The van der Waals surface area contributed by atoms with E-state index in [1.807, 2.05) is 12.1 Å². The fourth-order valence-corrected chi connectivity index (χ4v) is 2.49. The first-order valence-electron chi connectivity index (χ1n) is 6.94. The van der Waals surface area contributed by atoms with Crippen molar-refractivity contribution < 1.29 is 9.53 Å². The zero-order chi connectivity index (χ0) is 14.7. The minimum Gasteiger partial charge on any atom is -0.376 e. The molecule has 0 spiro atoms. The molecule has 0 saturated carbocycles. The zero-order valence-corrected chi connectivity index (χ0v) is 12.2. The maximum atomic E-state index is 12.0. The van der Waals surface area contributed by atoms with Crippen LogP contribution in [0.3, 0.4) is 0 Å². The molecule has 1 saturated heterocycles. The molecule has 0 radical (unpaired) electrons. The summed E-state index contributed by atoms with van der Waals surface area (Å²) in [5, 5.41) is 7.75. The van der Waals surface area contributed by atoms with Crippen molar-refractivity contribution in [3.05, 3.63) is 47.2 Å². The first-order chi connectivity index (χ1) is 10.2. The number of carbonyl (C=O) groups excluding carboxylic acids is 1. The summed E-state index contributed by atoms with van der Waals surface area (Å²) in [6.07, 6.45) is 3.93. The number of nitrogens with zero attached hydrogens (tertiary/aromatic N) is 2. The molecule has 1 aromatic carbocycles. The molecule has 0 unspecified atom stereocenters. The molecular formula is C15H16ClN3O2. The first-order valence-corrected chi connectivity index (χ1v) is 7.31. The van der Waals surface area contributed by atoms with Crippen LogP contribution in [0.25, 0.3) is 5.69 Å². The topological polar surface area (TPSA) is 56.1 Å². The second-order valence-electron chi connectivity index (χ2n) is 4.97. The van der Waals surface area contributed by atoms with Gasteiger partial charge in [-0.05, 0) is 37.1 Å². The molecule has 1 atom stereocenters. The summed E-state index contributed by atoms with van der Waals surface area (Å²) in [6, 6.07) is 9.00. The van der Waals surface area contributed by atoms with Gasteiger partial charge in [0.2, 0.25) is 0 Å². The van der Waals surface area contributed by atoms with Gasteiger partial charge in [0.15, 0.2) is 5.69 Å². The van der Waals surface area contributed by atoms with Gasteiger partial charge in [-0.1, -0.05) is 17.7 Å². The van der Waals surface area contributed by atoms with E-state index in [1.165, 1.54) is 0 Å². The van der Waals surface area contributed by atoms with Gasteiger partial charge in [0, 0.05) is 24.4 Å². The highest BCUT2D eigenvalue weighted by molar-refractivity contribution is 6.30. The molecule has 6 heteroatoms. The lowest BCUT2D eigenvalue weighted by atomic mass is 10.2. The van der Waals surface area contributed by atoms with Gasteiger partial charge >= 0.3 is 0 Å². The van der Waals surface area contributed by atoms with E-state index in [-0.39, 0.29) is 12.0 Å². The average molecular weight is 306 g/mol. The quantitative estimate of drug-likeness (QED) is 0.944. The van der Waals surface area contributed by atoms with E-state index >= 15 is 0 Å². The van der Waals surface area contributed by atoms with E-state index in [1.54, 1.807) is 29.1 Å². The molecule has 1 amide bonds. The summed E-state index contributed by atoms with van der Waals surface area (Å²) in [5.41, 5.74) is 1.20. The van der Waals surface area contributed by atoms with Crippen LogP contribution < -0.4 is 5.32 Å².